The third kappa shape index (κ3) is 4.17. The molecule has 0 amide bonds. The number of nitrogens with zero attached hydrogens (tertiary/aromatic N) is 4. The van der Waals surface area contributed by atoms with Gasteiger partial charge < -0.3 is 9.84 Å². The average molecular weight is 437 g/mol. The summed E-state index contributed by atoms with van der Waals surface area (Å²) in [6.45, 7) is 3.84. The predicted molar refractivity (Wildman–Crippen MR) is 115 cm³/mol. The molecule has 0 saturated carbocycles. The van der Waals surface area contributed by atoms with Crippen molar-refractivity contribution in [2.45, 2.75) is 58.4 Å². The van der Waals surface area contributed by atoms with E-state index in [9.17, 15) is 0 Å². The Morgan fingerprint density at radius 2 is 1.93 bits per heavy atom. The van der Waals surface area contributed by atoms with E-state index >= 15 is 0 Å². The zero-order chi connectivity index (χ0) is 18.2. The maximum absolute atomic E-state index is 5.56. The van der Waals surface area contributed by atoms with Crippen LogP contribution in [0.3, 0.4) is 0 Å². The molecule has 1 aliphatic carbocycles. The number of hydrogen-bond acceptors (Lipinski definition) is 6. The van der Waals surface area contributed by atoms with E-state index < -0.39 is 0 Å². The summed E-state index contributed by atoms with van der Waals surface area (Å²) in [7, 11) is 0. The van der Waals surface area contributed by atoms with Crippen LogP contribution in [0.4, 0.5) is 0 Å². The third-order valence-electron chi connectivity index (χ3n) is 5.74. The smallest absolute Gasteiger partial charge is 0.227 e. The Kier molecular flexibility index (Phi) is 6.93. The molecule has 0 bridgehead atoms. The van der Waals surface area contributed by atoms with Gasteiger partial charge in [0.2, 0.25) is 11.7 Å². The van der Waals surface area contributed by atoms with Gasteiger partial charge >= 0.3 is 0 Å². The van der Waals surface area contributed by atoms with E-state index in [1.807, 2.05) is 13.1 Å². The number of aromatic nitrogens is 5. The fourth-order valence-electron chi connectivity index (χ4n) is 4.31. The molecular formula is C20H26Cl2N6O. The lowest BCUT2D eigenvalue weighted by Gasteiger charge is -2.19. The minimum atomic E-state index is 0. The van der Waals surface area contributed by atoms with E-state index in [1.165, 1.54) is 35.2 Å². The van der Waals surface area contributed by atoms with Crippen molar-refractivity contribution in [1.29, 1.82) is 0 Å². The fraction of sp³-hybridized carbons (Fsp3) is 0.500. The van der Waals surface area contributed by atoms with E-state index in [0.29, 0.717) is 18.1 Å². The van der Waals surface area contributed by atoms with Crippen molar-refractivity contribution in [2.24, 2.45) is 0 Å². The van der Waals surface area contributed by atoms with Crippen LogP contribution >= 0.6 is 24.8 Å². The van der Waals surface area contributed by atoms with Gasteiger partial charge in [0.05, 0.1) is 5.69 Å². The lowest BCUT2D eigenvalue weighted by molar-refractivity contribution is 0.378. The van der Waals surface area contributed by atoms with Gasteiger partial charge in [0.1, 0.15) is 0 Å². The Hall–Kier alpha value is -1.96. The van der Waals surface area contributed by atoms with Crippen molar-refractivity contribution in [2.75, 3.05) is 6.54 Å². The van der Waals surface area contributed by atoms with E-state index in [4.69, 9.17) is 4.52 Å². The van der Waals surface area contributed by atoms with Gasteiger partial charge in [-0.2, -0.15) is 10.1 Å². The third-order valence-corrected chi connectivity index (χ3v) is 5.74. The second-order valence-corrected chi connectivity index (χ2v) is 7.50. The summed E-state index contributed by atoms with van der Waals surface area (Å²) in [6.07, 6.45) is 9.24. The molecule has 29 heavy (non-hydrogen) atoms. The normalized spacial score (nSPS) is 15.1. The maximum Gasteiger partial charge on any atom is 0.227 e. The monoisotopic (exact) mass is 436 g/mol. The molecule has 0 fully saturated rings. The Bertz CT molecular complexity index is 984. The molecule has 5 rings (SSSR count). The van der Waals surface area contributed by atoms with Crippen LogP contribution in [0, 0.1) is 6.92 Å². The van der Waals surface area contributed by atoms with Gasteiger partial charge in [0.15, 0.2) is 0 Å². The molecule has 0 saturated heterocycles. The topological polar surface area (TPSA) is 92.5 Å². The van der Waals surface area contributed by atoms with Gasteiger partial charge in [0, 0.05) is 42.5 Å². The number of pyridine rings is 1. The highest BCUT2D eigenvalue weighted by atomic mass is 35.5. The SMILES string of the molecule is Cc1ncc2c(c1-c1noc(CCc3n[nH]c4c3CCCC4)n1)CCNC2.Cl.Cl. The maximum atomic E-state index is 5.56. The highest BCUT2D eigenvalue weighted by molar-refractivity contribution is 5.85. The molecule has 4 heterocycles. The van der Waals surface area contributed by atoms with Crippen molar-refractivity contribution in [3.63, 3.8) is 0 Å². The van der Waals surface area contributed by atoms with Gasteiger partial charge in [-0.15, -0.1) is 24.8 Å². The van der Waals surface area contributed by atoms with Crippen molar-refractivity contribution in [3.8, 4) is 11.4 Å². The number of halogens is 2. The van der Waals surface area contributed by atoms with E-state index in [0.717, 1.165) is 55.7 Å². The molecule has 2 aliphatic rings. The van der Waals surface area contributed by atoms with Crippen molar-refractivity contribution < 1.29 is 4.52 Å². The molecule has 9 heteroatoms. The summed E-state index contributed by atoms with van der Waals surface area (Å²) < 4.78 is 5.56. The second kappa shape index (κ2) is 9.24. The molecular weight excluding hydrogens is 411 g/mol. The first kappa shape index (κ1) is 21.7. The zero-order valence-electron chi connectivity index (χ0n) is 16.5. The van der Waals surface area contributed by atoms with E-state index in [1.54, 1.807) is 0 Å². The summed E-state index contributed by atoms with van der Waals surface area (Å²) in [5.74, 6) is 1.33. The molecule has 0 aromatic carbocycles. The Labute approximate surface area is 182 Å². The number of nitrogens with one attached hydrogen (secondary N) is 2. The molecule has 3 aromatic rings. The number of hydrogen-bond donors (Lipinski definition) is 2. The summed E-state index contributed by atoms with van der Waals surface area (Å²) >= 11 is 0. The molecule has 0 unspecified atom stereocenters. The Morgan fingerprint density at radius 1 is 1.07 bits per heavy atom. The van der Waals surface area contributed by atoms with Gasteiger partial charge in [-0.1, -0.05) is 5.16 Å². The summed E-state index contributed by atoms with van der Waals surface area (Å²) in [5, 5.41) is 15.4. The Balaban J connectivity index is 0.00000120. The first-order chi connectivity index (χ1) is 13.3. The lowest BCUT2D eigenvalue weighted by Crippen LogP contribution is -2.24. The quantitative estimate of drug-likeness (QED) is 0.651. The molecule has 1 aliphatic heterocycles. The molecule has 0 spiro atoms. The Morgan fingerprint density at radius 3 is 2.83 bits per heavy atom. The van der Waals surface area contributed by atoms with Gasteiger partial charge in [0.25, 0.3) is 0 Å². The molecule has 0 radical (unpaired) electrons. The van der Waals surface area contributed by atoms with Crippen LogP contribution in [0.15, 0.2) is 10.7 Å². The summed E-state index contributed by atoms with van der Waals surface area (Å²) in [4.78, 5) is 9.22. The van der Waals surface area contributed by atoms with Crippen LogP contribution in [0.2, 0.25) is 0 Å². The van der Waals surface area contributed by atoms with Crippen molar-refractivity contribution in [1.82, 2.24) is 30.6 Å². The minimum Gasteiger partial charge on any atom is -0.339 e. The number of fused-ring (bicyclic) bond motifs is 2. The largest absolute Gasteiger partial charge is 0.339 e. The highest BCUT2D eigenvalue weighted by Crippen LogP contribution is 2.29. The molecule has 156 valence electrons. The van der Waals surface area contributed by atoms with Gasteiger partial charge in [-0.3, -0.25) is 10.1 Å². The van der Waals surface area contributed by atoms with Crippen molar-refractivity contribution >= 4 is 24.8 Å². The van der Waals surface area contributed by atoms with Crippen LogP contribution in [0.25, 0.3) is 11.4 Å². The average Bonchev–Trinajstić information content (AvgIpc) is 3.33. The number of aryl methyl sites for hydroxylation is 4. The lowest BCUT2D eigenvalue weighted by atomic mass is 9.94. The van der Waals surface area contributed by atoms with Crippen LogP contribution in [-0.2, 0) is 38.6 Å². The zero-order valence-corrected chi connectivity index (χ0v) is 18.1. The van der Waals surface area contributed by atoms with Crippen LogP contribution in [0.5, 0.6) is 0 Å². The number of aromatic amines is 1. The molecule has 7 nitrogen and oxygen atoms in total. The molecule has 2 N–H and O–H groups in total. The van der Waals surface area contributed by atoms with Crippen LogP contribution in [-0.4, -0.2) is 31.9 Å². The minimum absolute atomic E-state index is 0. The molecule has 3 aromatic heterocycles. The van der Waals surface area contributed by atoms with Crippen LogP contribution in [0.1, 0.15) is 52.5 Å². The number of H-pyrrole nitrogens is 1. The van der Waals surface area contributed by atoms with Gasteiger partial charge in [-0.25, -0.2) is 0 Å². The van der Waals surface area contributed by atoms with E-state index in [-0.39, 0.29) is 24.8 Å². The second-order valence-electron chi connectivity index (χ2n) is 7.50. The van der Waals surface area contributed by atoms with Gasteiger partial charge in [-0.05, 0) is 62.3 Å². The first-order valence-electron chi connectivity index (χ1n) is 9.85. The number of rotatable bonds is 4. The van der Waals surface area contributed by atoms with Crippen LogP contribution < -0.4 is 5.32 Å². The van der Waals surface area contributed by atoms with E-state index in [2.05, 4.69) is 30.6 Å². The summed E-state index contributed by atoms with van der Waals surface area (Å²) in [6, 6.07) is 0. The standard InChI is InChI=1S/C20H24N6O.2ClH/c1-12-19(14-8-9-21-10-13(14)11-22-12)20-23-18(27-26-20)7-6-17-15-4-2-3-5-16(15)24-25-17;;/h11,21H,2-10H2,1H3,(H,24,25);2*1H. The predicted octanol–water partition coefficient (Wildman–Crippen LogP) is 3.32. The van der Waals surface area contributed by atoms with Crippen molar-refractivity contribution in [3.05, 3.63) is 45.9 Å². The summed E-state index contributed by atoms with van der Waals surface area (Å²) in [5.41, 5.74) is 8.42. The fourth-order valence-corrected chi connectivity index (χ4v) is 4.31. The first-order valence-corrected chi connectivity index (χ1v) is 9.85. The highest BCUT2D eigenvalue weighted by Gasteiger charge is 2.22. The molecule has 0 atom stereocenters.